The zero-order valence-electron chi connectivity index (χ0n) is 15.1. The largest absolute Gasteiger partial charge is 0.494 e. The Kier molecular flexibility index (Phi) is 4.01. The normalized spacial score (nSPS) is 19.2. The lowest BCUT2D eigenvalue weighted by Gasteiger charge is -2.32. The first-order chi connectivity index (χ1) is 11.1. The van der Waals surface area contributed by atoms with E-state index in [9.17, 15) is 4.79 Å². The second-order valence-electron chi connectivity index (χ2n) is 7.62. The standard InChI is InChI=1S/C18H24BNO4/c1-11(2)20-16(21)15-10-12-9-13(7-8-14(12)22-15)19-23-17(3,4)18(5,6)24-19/h7-11H,1-6H3,(H,20,21). The van der Waals surface area contributed by atoms with Crippen molar-refractivity contribution in [1.82, 2.24) is 5.32 Å². The van der Waals surface area contributed by atoms with E-state index in [1.807, 2.05) is 59.7 Å². The number of furan rings is 1. The van der Waals surface area contributed by atoms with Gasteiger partial charge in [0.15, 0.2) is 5.76 Å². The number of carbonyl (C=O) groups is 1. The highest BCUT2D eigenvalue weighted by molar-refractivity contribution is 6.62. The van der Waals surface area contributed by atoms with Gasteiger partial charge >= 0.3 is 7.12 Å². The van der Waals surface area contributed by atoms with E-state index in [2.05, 4.69) is 5.32 Å². The van der Waals surface area contributed by atoms with Gasteiger partial charge in [-0.1, -0.05) is 12.1 Å². The van der Waals surface area contributed by atoms with E-state index in [4.69, 9.17) is 13.7 Å². The Balaban J connectivity index is 1.89. The zero-order valence-corrected chi connectivity index (χ0v) is 15.1. The molecule has 0 bridgehead atoms. The van der Waals surface area contributed by atoms with Gasteiger partial charge in [-0.05, 0) is 59.1 Å². The summed E-state index contributed by atoms with van der Waals surface area (Å²) in [6, 6.07) is 7.53. The Morgan fingerprint density at radius 3 is 2.29 bits per heavy atom. The number of hydrogen-bond acceptors (Lipinski definition) is 4. The minimum Gasteiger partial charge on any atom is -0.451 e. The molecule has 0 spiro atoms. The molecule has 6 heteroatoms. The Morgan fingerprint density at radius 2 is 1.71 bits per heavy atom. The van der Waals surface area contributed by atoms with Crippen molar-refractivity contribution >= 4 is 29.5 Å². The van der Waals surface area contributed by atoms with Gasteiger partial charge in [-0.2, -0.15) is 0 Å². The fraction of sp³-hybridized carbons (Fsp3) is 0.500. The summed E-state index contributed by atoms with van der Waals surface area (Å²) in [5.41, 5.74) is 0.818. The lowest BCUT2D eigenvalue weighted by atomic mass is 9.79. The van der Waals surface area contributed by atoms with Crippen LogP contribution in [0.3, 0.4) is 0 Å². The number of amides is 1. The van der Waals surface area contributed by atoms with Crippen molar-refractivity contribution in [2.75, 3.05) is 0 Å². The summed E-state index contributed by atoms with van der Waals surface area (Å²) < 4.78 is 17.8. The molecule has 0 radical (unpaired) electrons. The fourth-order valence-electron chi connectivity index (χ4n) is 2.63. The Labute approximate surface area is 142 Å². The molecule has 0 aliphatic carbocycles. The second-order valence-corrected chi connectivity index (χ2v) is 7.62. The van der Waals surface area contributed by atoms with Crippen LogP contribution >= 0.6 is 0 Å². The number of rotatable bonds is 3. The van der Waals surface area contributed by atoms with E-state index in [1.54, 1.807) is 6.07 Å². The quantitative estimate of drug-likeness (QED) is 0.880. The molecular weight excluding hydrogens is 305 g/mol. The molecule has 1 aromatic heterocycles. The first-order valence-corrected chi connectivity index (χ1v) is 8.29. The molecule has 3 rings (SSSR count). The van der Waals surface area contributed by atoms with Crippen LogP contribution in [0.25, 0.3) is 11.0 Å². The summed E-state index contributed by atoms with van der Waals surface area (Å²) in [4.78, 5) is 12.1. The SMILES string of the molecule is CC(C)NC(=O)c1cc2cc(B3OC(C)(C)C(C)(C)O3)ccc2o1. The van der Waals surface area contributed by atoms with Crippen LogP contribution < -0.4 is 10.8 Å². The van der Waals surface area contributed by atoms with E-state index in [1.165, 1.54) is 0 Å². The van der Waals surface area contributed by atoms with Crippen molar-refractivity contribution in [2.45, 2.75) is 58.8 Å². The van der Waals surface area contributed by atoms with Crippen LogP contribution in [0.5, 0.6) is 0 Å². The van der Waals surface area contributed by atoms with E-state index >= 15 is 0 Å². The molecule has 1 N–H and O–H groups in total. The molecule has 0 saturated carbocycles. The molecule has 1 fully saturated rings. The van der Waals surface area contributed by atoms with Gasteiger partial charge in [-0.3, -0.25) is 4.79 Å². The van der Waals surface area contributed by atoms with Gasteiger partial charge in [0.05, 0.1) is 11.2 Å². The minimum atomic E-state index is -0.428. The highest BCUT2D eigenvalue weighted by Gasteiger charge is 2.51. The smallest absolute Gasteiger partial charge is 0.451 e. The molecule has 128 valence electrons. The third-order valence-corrected chi connectivity index (χ3v) is 4.71. The topological polar surface area (TPSA) is 60.7 Å². The number of nitrogens with one attached hydrogen (secondary N) is 1. The zero-order chi connectivity index (χ0) is 17.7. The Morgan fingerprint density at radius 1 is 1.08 bits per heavy atom. The highest BCUT2D eigenvalue weighted by Crippen LogP contribution is 2.36. The summed E-state index contributed by atoms with van der Waals surface area (Å²) in [7, 11) is -0.428. The molecule has 1 aromatic carbocycles. The van der Waals surface area contributed by atoms with E-state index in [0.717, 1.165) is 10.8 Å². The molecule has 0 unspecified atom stereocenters. The van der Waals surface area contributed by atoms with Crippen molar-refractivity contribution in [1.29, 1.82) is 0 Å². The summed E-state index contributed by atoms with van der Waals surface area (Å²) in [5.74, 6) is 0.100. The van der Waals surface area contributed by atoms with Crippen LogP contribution in [-0.2, 0) is 9.31 Å². The minimum absolute atomic E-state index is 0.0611. The third-order valence-electron chi connectivity index (χ3n) is 4.71. The van der Waals surface area contributed by atoms with Crippen LogP contribution in [-0.4, -0.2) is 30.3 Å². The Hall–Kier alpha value is -1.79. The summed E-state index contributed by atoms with van der Waals surface area (Å²) in [5, 5.41) is 3.69. The summed E-state index contributed by atoms with van der Waals surface area (Å²) >= 11 is 0. The van der Waals surface area contributed by atoms with E-state index in [0.29, 0.717) is 11.3 Å². The molecule has 0 atom stereocenters. The monoisotopic (exact) mass is 329 g/mol. The number of fused-ring (bicyclic) bond motifs is 1. The number of carbonyl (C=O) groups excluding carboxylic acids is 1. The molecule has 2 heterocycles. The van der Waals surface area contributed by atoms with Crippen LogP contribution in [0.15, 0.2) is 28.7 Å². The predicted octanol–water partition coefficient (Wildman–Crippen LogP) is 2.87. The highest BCUT2D eigenvalue weighted by atomic mass is 16.7. The summed E-state index contributed by atoms with van der Waals surface area (Å²) in [6.45, 7) is 11.9. The van der Waals surface area contributed by atoms with Crippen LogP contribution in [0.4, 0.5) is 0 Å². The van der Waals surface area contributed by atoms with Crippen molar-refractivity contribution < 1.29 is 18.5 Å². The first kappa shape index (κ1) is 17.1. The van der Waals surface area contributed by atoms with Crippen molar-refractivity contribution in [3.8, 4) is 0 Å². The van der Waals surface area contributed by atoms with E-state index in [-0.39, 0.29) is 23.2 Å². The molecule has 5 nitrogen and oxygen atoms in total. The molecule has 24 heavy (non-hydrogen) atoms. The van der Waals surface area contributed by atoms with Gasteiger partial charge in [0.1, 0.15) is 5.58 Å². The molecule has 1 saturated heterocycles. The summed E-state index contributed by atoms with van der Waals surface area (Å²) in [6.07, 6.45) is 0. The average Bonchev–Trinajstić information content (AvgIpc) is 2.96. The maximum atomic E-state index is 12.1. The molecule has 2 aromatic rings. The van der Waals surface area contributed by atoms with Gasteiger partial charge in [0.2, 0.25) is 0 Å². The van der Waals surface area contributed by atoms with Gasteiger partial charge < -0.3 is 19.0 Å². The van der Waals surface area contributed by atoms with Gasteiger partial charge in [0, 0.05) is 11.4 Å². The molecule has 1 aliphatic rings. The van der Waals surface area contributed by atoms with Crippen LogP contribution in [0, 0.1) is 0 Å². The predicted molar refractivity (Wildman–Crippen MR) is 94.5 cm³/mol. The molecular formula is C18H24BNO4. The third kappa shape index (κ3) is 2.96. The first-order valence-electron chi connectivity index (χ1n) is 8.29. The molecule has 1 amide bonds. The van der Waals surface area contributed by atoms with Gasteiger partial charge in [-0.15, -0.1) is 0 Å². The number of benzene rings is 1. The van der Waals surface area contributed by atoms with Crippen LogP contribution in [0.2, 0.25) is 0 Å². The van der Waals surface area contributed by atoms with Crippen molar-refractivity contribution in [2.24, 2.45) is 0 Å². The van der Waals surface area contributed by atoms with E-state index < -0.39 is 7.12 Å². The lowest BCUT2D eigenvalue weighted by molar-refractivity contribution is 0.00578. The van der Waals surface area contributed by atoms with Crippen molar-refractivity contribution in [3.63, 3.8) is 0 Å². The van der Waals surface area contributed by atoms with Crippen molar-refractivity contribution in [3.05, 3.63) is 30.0 Å². The maximum absolute atomic E-state index is 12.1. The molecule has 1 aliphatic heterocycles. The second kappa shape index (κ2) is 5.64. The maximum Gasteiger partial charge on any atom is 0.494 e. The van der Waals surface area contributed by atoms with Crippen LogP contribution in [0.1, 0.15) is 52.1 Å². The average molecular weight is 329 g/mol. The van der Waals surface area contributed by atoms with Gasteiger partial charge in [0.25, 0.3) is 5.91 Å². The van der Waals surface area contributed by atoms with Gasteiger partial charge in [-0.25, -0.2) is 0 Å². The number of hydrogen-bond donors (Lipinski definition) is 1. The lowest BCUT2D eigenvalue weighted by Crippen LogP contribution is -2.41. The Bertz CT molecular complexity index is 762. The fourth-order valence-corrected chi connectivity index (χ4v) is 2.63.